The lowest BCUT2D eigenvalue weighted by atomic mass is 10.1. The van der Waals surface area contributed by atoms with Gasteiger partial charge < -0.3 is 4.90 Å². The van der Waals surface area contributed by atoms with E-state index in [1.807, 2.05) is 11.5 Å². The minimum absolute atomic E-state index is 0.182. The number of piperidine rings is 1. The normalized spacial score (nSPS) is 20.9. The fourth-order valence-corrected chi connectivity index (χ4v) is 5.41. The third-order valence-electron chi connectivity index (χ3n) is 7.40. The summed E-state index contributed by atoms with van der Waals surface area (Å²) in [5.74, 6) is 1.03. The van der Waals surface area contributed by atoms with E-state index in [2.05, 4.69) is 48.4 Å². The van der Waals surface area contributed by atoms with Gasteiger partial charge in [0.15, 0.2) is 0 Å². The van der Waals surface area contributed by atoms with Crippen LogP contribution in [0.5, 0.6) is 0 Å². The summed E-state index contributed by atoms with van der Waals surface area (Å²) in [5, 5.41) is 0. The molecule has 1 aromatic carbocycles. The zero-order valence-electron chi connectivity index (χ0n) is 20.3. The molecule has 4 heterocycles. The van der Waals surface area contributed by atoms with Crippen molar-refractivity contribution in [3.8, 4) is 5.69 Å². The zero-order chi connectivity index (χ0) is 23.4. The van der Waals surface area contributed by atoms with E-state index < -0.39 is 6.04 Å². The quantitative estimate of drug-likeness (QED) is 0.674. The zero-order valence-corrected chi connectivity index (χ0v) is 20.3. The molecule has 8 heteroatoms. The van der Waals surface area contributed by atoms with E-state index in [4.69, 9.17) is 4.99 Å². The van der Waals surface area contributed by atoms with Crippen molar-refractivity contribution < 1.29 is 14.2 Å². The molecule has 0 N–H and O–H groups in total. The molecule has 2 fully saturated rings. The van der Waals surface area contributed by atoms with Gasteiger partial charge in [-0.05, 0) is 65.3 Å². The fraction of sp³-hybridized carbons (Fsp3) is 0.520. The maximum atomic E-state index is 13.7. The van der Waals surface area contributed by atoms with E-state index in [1.54, 1.807) is 11.9 Å². The first-order valence-electron chi connectivity index (χ1n) is 11.9. The van der Waals surface area contributed by atoms with Crippen molar-refractivity contribution in [2.24, 2.45) is 4.99 Å². The van der Waals surface area contributed by atoms with Crippen molar-refractivity contribution >= 4 is 23.7 Å². The van der Waals surface area contributed by atoms with E-state index in [0.29, 0.717) is 18.3 Å². The number of aryl methyl sites for hydroxylation is 2. The molecule has 1 aromatic heterocycles. The summed E-state index contributed by atoms with van der Waals surface area (Å²) in [7, 11) is 1.73. The summed E-state index contributed by atoms with van der Waals surface area (Å²) >= 11 is 0. The number of rotatable bonds is 4. The summed E-state index contributed by atoms with van der Waals surface area (Å²) < 4.78 is 4.11. The molecule has 2 aromatic rings. The van der Waals surface area contributed by atoms with E-state index in [9.17, 15) is 9.59 Å². The number of amidine groups is 1. The summed E-state index contributed by atoms with van der Waals surface area (Å²) in [6.07, 6.45) is 3.63. The molecule has 3 amide bonds. The Morgan fingerprint density at radius 2 is 1.76 bits per heavy atom. The van der Waals surface area contributed by atoms with Gasteiger partial charge in [0.1, 0.15) is 17.1 Å². The fourth-order valence-electron chi connectivity index (χ4n) is 5.41. The number of hydrogen-bond acceptors (Lipinski definition) is 4. The standard InChI is InChI=1S/C25H33N6O2/c1-16-9-10-20(17(2)15-16)30-18(3)19(4)31-21-22(26-24(30)31)27(5)25(33)29(23(21)32)14-13-28-11-7-6-8-12-28/h9-10,15,21H,6-8,11-14H2,1-5H3/q+1. The number of carbonyl (C=O) groups is 2. The first-order valence-corrected chi connectivity index (χ1v) is 11.9. The van der Waals surface area contributed by atoms with Gasteiger partial charge in [-0.15, -0.1) is 0 Å². The number of benzene rings is 1. The summed E-state index contributed by atoms with van der Waals surface area (Å²) in [6.45, 7) is 11.5. The molecule has 2 saturated heterocycles. The molecular weight excluding hydrogens is 416 g/mol. The number of nitrogens with zero attached hydrogens (tertiary/aromatic N) is 6. The highest BCUT2D eigenvalue weighted by Gasteiger charge is 2.54. The Kier molecular flexibility index (Phi) is 5.35. The largest absolute Gasteiger partial charge is 0.407 e. The number of carbonyl (C=O) groups excluding carboxylic acids is 2. The van der Waals surface area contributed by atoms with Crippen molar-refractivity contribution in [2.75, 3.05) is 33.2 Å². The highest BCUT2D eigenvalue weighted by molar-refractivity contribution is 6.19. The van der Waals surface area contributed by atoms with Gasteiger partial charge in [0.05, 0.1) is 0 Å². The summed E-state index contributed by atoms with van der Waals surface area (Å²) in [4.78, 5) is 37.0. The highest BCUT2D eigenvalue weighted by atomic mass is 16.2. The highest BCUT2D eigenvalue weighted by Crippen LogP contribution is 2.34. The third-order valence-corrected chi connectivity index (χ3v) is 7.40. The molecule has 8 nitrogen and oxygen atoms in total. The molecule has 33 heavy (non-hydrogen) atoms. The maximum Gasteiger partial charge on any atom is 0.407 e. The second-order valence-electron chi connectivity index (χ2n) is 9.57. The molecule has 0 bridgehead atoms. The number of amides is 3. The topological polar surface area (TPSA) is 65.0 Å². The number of aliphatic imine (C=N–C) groups is 1. The molecule has 3 aliphatic heterocycles. The summed E-state index contributed by atoms with van der Waals surface area (Å²) in [5.41, 5.74) is 5.42. The number of likely N-dealkylation sites (N-methyl/N-ethyl adjacent to an activating group) is 1. The van der Waals surface area contributed by atoms with Crippen LogP contribution < -0.4 is 4.57 Å². The van der Waals surface area contributed by atoms with Crippen LogP contribution in [0.2, 0.25) is 0 Å². The van der Waals surface area contributed by atoms with Gasteiger partial charge in [-0.25, -0.2) is 9.36 Å². The number of imidazole rings is 1. The first-order chi connectivity index (χ1) is 15.8. The Hall–Kier alpha value is -3.00. The Labute approximate surface area is 195 Å². The third kappa shape index (κ3) is 3.39. The molecular formula is C25H33N6O2+. The van der Waals surface area contributed by atoms with Crippen LogP contribution in [0, 0.1) is 27.7 Å². The number of likely N-dealkylation sites (tertiary alicyclic amines) is 1. The van der Waals surface area contributed by atoms with Crippen LogP contribution in [0.15, 0.2) is 23.2 Å². The van der Waals surface area contributed by atoms with Crippen molar-refractivity contribution in [2.45, 2.75) is 53.0 Å². The molecule has 0 radical (unpaired) electrons. The molecule has 0 spiro atoms. The Bertz CT molecular complexity index is 1170. The number of aromatic nitrogens is 2. The van der Waals surface area contributed by atoms with E-state index in [1.165, 1.54) is 29.7 Å². The van der Waals surface area contributed by atoms with Gasteiger partial charge in [-0.1, -0.05) is 29.1 Å². The van der Waals surface area contributed by atoms with Gasteiger partial charge in [-0.2, -0.15) is 4.57 Å². The minimum Gasteiger partial charge on any atom is -0.302 e. The lowest BCUT2D eigenvalue weighted by Gasteiger charge is -2.35. The average Bonchev–Trinajstić information content (AvgIpc) is 3.29. The van der Waals surface area contributed by atoms with Crippen LogP contribution in [0.4, 0.5) is 10.7 Å². The molecule has 174 valence electrons. The Morgan fingerprint density at radius 3 is 2.45 bits per heavy atom. The Morgan fingerprint density at radius 1 is 1.03 bits per heavy atom. The lowest BCUT2D eigenvalue weighted by Crippen LogP contribution is -2.64. The van der Waals surface area contributed by atoms with Gasteiger partial charge in [0.2, 0.25) is 11.9 Å². The number of imide groups is 1. The van der Waals surface area contributed by atoms with Crippen LogP contribution in [0.1, 0.15) is 47.8 Å². The van der Waals surface area contributed by atoms with E-state index >= 15 is 0 Å². The van der Waals surface area contributed by atoms with Gasteiger partial charge in [0, 0.05) is 20.1 Å². The molecule has 1 atom stereocenters. The van der Waals surface area contributed by atoms with Crippen LogP contribution in [0.25, 0.3) is 5.69 Å². The number of fused-ring (bicyclic) bond motifs is 3. The Balaban J connectivity index is 1.52. The molecule has 0 aliphatic carbocycles. The van der Waals surface area contributed by atoms with Crippen LogP contribution in [-0.4, -0.2) is 70.3 Å². The van der Waals surface area contributed by atoms with E-state index in [0.717, 1.165) is 42.3 Å². The molecule has 0 saturated carbocycles. The van der Waals surface area contributed by atoms with E-state index in [-0.39, 0.29) is 11.9 Å². The minimum atomic E-state index is -0.602. The maximum absolute atomic E-state index is 13.7. The second kappa shape index (κ2) is 8.09. The van der Waals surface area contributed by atoms with Crippen molar-refractivity contribution in [1.82, 2.24) is 19.3 Å². The van der Waals surface area contributed by atoms with Gasteiger partial charge in [-0.3, -0.25) is 14.6 Å². The predicted molar refractivity (Wildman–Crippen MR) is 126 cm³/mol. The lowest BCUT2D eigenvalue weighted by molar-refractivity contribution is -0.682. The second-order valence-corrected chi connectivity index (χ2v) is 9.57. The van der Waals surface area contributed by atoms with Crippen LogP contribution >= 0.6 is 0 Å². The smallest absolute Gasteiger partial charge is 0.302 e. The average molecular weight is 450 g/mol. The van der Waals surface area contributed by atoms with Crippen LogP contribution in [0.3, 0.4) is 0 Å². The number of hydrogen-bond donors (Lipinski definition) is 0. The van der Waals surface area contributed by atoms with Crippen molar-refractivity contribution in [1.29, 1.82) is 0 Å². The van der Waals surface area contributed by atoms with Crippen molar-refractivity contribution in [3.63, 3.8) is 0 Å². The van der Waals surface area contributed by atoms with Crippen molar-refractivity contribution in [3.05, 3.63) is 40.7 Å². The number of urea groups is 1. The van der Waals surface area contributed by atoms with Gasteiger partial charge >= 0.3 is 12.0 Å². The monoisotopic (exact) mass is 449 g/mol. The van der Waals surface area contributed by atoms with Crippen LogP contribution in [-0.2, 0) is 4.79 Å². The first kappa shape index (κ1) is 21.8. The summed E-state index contributed by atoms with van der Waals surface area (Å²) in [6, 6.07) is 5.45. The van der Waals surface area contributed by atoms with Gasteiger partial charge in [0.25, 0.3) is 5.91 Å². The predicted octanol–water partition coefficient (Wildman–Crippen LogP) is 2.96. The SMILES string of the molecule is Cc1ccc(-n2c(C)c(C)[n+]3c2N=C2C3C(=O)N(CCN3CCCCC3)C(=O)N2C)c(C)c1. The molecule has 1 unspecified atom stereocenters. The molecule has 5 rings (SSSR count). The molecule has 3 aliphatic rings.